The molecule has 0 radical (unpaired) electrons. The molecular formula is C12H7BrClN3S. The van der Waals surface area contributed by atoms with Gasteiger partial charge in [-0.15, -0.1) is 0 Å². The minimum atomic E-state index is 0.609. The number of aromatic nitrogens is 3. The Balaban J connectivity index is 2.32. The SMILES string of the molecule is S=c1[nH]c2cc(Br)cnc2n1-c1ccc(Cl)cc1. The molecule has 0 atom stereocenters. The minimum absolute atomic E-state index is 0.609. The van der Waals surface area contributed by atoms with Crippen molar-refractivity contribution in [3.63, 3.8) is 0 Å². The standard InChI is InChI=1S/C12H7BrClN3S/c13-7-5-10-11(15-6-7)17(12(18)16-10)9-3-1-8(14)2-4-9/h1-6H,(H,16,18). The van der Waals surface area contributed by atoms with E-state index in [1.54, 1.807) is 6.20 Å². The maximum atomic E-state index is 5.89. The smallest absolute Gasteiger partial charge is 0.183 e. The van der Waals surface area contributed by atoms with Crippen LogP contribution in [0.5, 0.6) is 0 Å². The third-order valence-electron chi connectivity index (χ3n) is 2.57. The Morgan fingerprint density at radius 3 is 2.72 bits per heavy atom. The lowest BCUT2D eigenvalue weighted by atomic mass is 10.3. The lowest BCUT2D eigenvalue weighted by Crippen LogP contribution is -1.94. The van der Waals surface area contributed by atoms with Crippen molar-refractivity contribution in [2.75, 3.05) is 0 Å². The fraction of sp³-hybridized carbons (Fsp3) is 0. The van der Waals surface area contributed by atoms with Crippen LogP contribution in [0.25, 0.3) is 16.9 Å². The molecule has 0 spiro atoms. The van der Waals surface area contributed by atoms with Crippen LogP contribution in [0.3, 0.4) is 0 Å². The molecule has 2 aromatic heterocycles. The van der Waals surface area contributed by atoms with Gasteiger partial charge >= 0.3 is 0 Å². The number of rotatable bonds is 1. The quantitative estimate of drug-likeness (QED) is 0.662. The first kappa shape index (κ1) is 11.9. The van der Waals surface area contributed by atoms with Gasteiger partial charge in [-0.3, -0.25) is 4.57 Å². The summed E-state index contributed by atoms with van der Waals surface area (Å²) in [5.41, 5.74) is 2.63. The fourth-order valence-corrected chi connectivity index (χ4v) is 2.56. The summed E-state index contributed by atoms with van der Waals surface area (Å²) in [6, 6.07) is 9.43. The lowest BCUT2D eigenvalue weighted by Gasteiger charge is -2.03. The van der Waals surface area contributed by atoms with Crippen LogP contribution in [0.2, 0.25) is 5.02 Å². The van der Waals surface area contributed by atoms with E-state index in [1.807, 2.05) is 34.9 Å². The Kier molecular flexibility index (Phi) is 2.97. The molecule has 0 aliphatic carbocycles. The molecule has 0 saturated heterocycles. The van der Waals surface area contributed by atoms with Crippen molar-refractivity contribution in [2.24, 2.45) is 0 Å². The summed E-state index contributed by atoms with van der Waals surface area (Å²) >= 11 is 14.6. The molecule has 0 aliphatic heterocycles. The van der Waals surface area contributed by atoms with Gasteiger partial charge in [-0.05, 0) is 58.5 Å². The van der Waals surface area contributed by atoms with Gasteiger partial charge in [-0.25, -0.2) is 4.98 Å². The zero-order chi connectivity index (χ0) is 12.7. The summed E-state index contributed by atoms with van der Waals surface area (Å²) < 4.78 is 3.40. The van der Waals surface area contributed by atoms with Crippen molar-refractivity contribution in [1.82, 2.24) is 14.5 Å². The summed E-state index contributed by atoms with van der Waals surface area (Å²) in [7, 11) is 0. The van der Waals surface area contributed by atoms with E-state index in [0.29, 0.717) is 9.79 Å². The number of hydrogen-bond donors (Lipinski definition) is 1. The Bertz CT molecular complexity index is 776. The van der Waals surface area contributed by atoms with Gasteiger partial charge in [0.1, 0.15) is 0 Å². The van der Waals surface area contributed by atoms with E-state index >= 15 is 0 Å². The maximum absolute atomic E-state index is 5.89. The van der Waals surface area contributed by atoms with Gasteiger partial charge in [0.2, 0.25) is 0 Å². The first-order valence-electron chi connectivity index (χ1n) is 5.17. The molecule has 0 aliphatic rings. The van der Waals surface area contributed by atoms with Crippen LogP contribution in [0.1, 0.15) is 0 Å². The molecule has 2 heterocycles. The topological polar surface area (TPSA) is 33.6 Å². The molecule has 0 saturated carbocycles. The predicted octanol–water partition coefficient (Wildman–Crippen LogP) is 4.50. The number of nitrogens with zero attached hydrogens (tertiary/aromatic N) is 2. The highest BCUT2D eigenvalue weighted by atomic mass is 79.9. The second kappa shape index (κ2) is 4.50. The first-order valence-corrected chi connectivity index (χ1v) is 6.75. The minimum Gasteiger partial charge on any atom is -0.329 e. The molecule has 6 heteroatoms. The van der Waals surface area contributed by atoms with Crippen molar-refractivity contribution >= 4 is 50.9 Å². The molecule has 0 fully saturated rings. The molecule has 1 aromatic carbocycles. The number of H-pyrrole nitrogens is 1. The van der Waals surface area contributed by atoms with Gasteiger partial charge in [-0.2, -0.15) is 0 Å². The fourth-order valence-electron chi connectivity index (χ4n) is 1.80. The van der Waals surface area contributed by atoms with Crippen LogP contribution in [0, 0.1) is 4.77 Å². The van der Waals surface area contributed by atoms with E-state index < -0.39 is 0 Å². The number of imidazole rings is 1. The van der Waals surface area contributed by atoms with Crippen molar-refractivity contribution < 1.29 is 0 Å². The Morgan fingerprint density at radius 1 is 1.28 bits per heavy atom. The van der Waals surface area contributed by atoms with Gasteiger partial charge in [0.05, 0.1) is 11.2 Å². The summed E-state index contributed by atoms with van der Waals surface area (Å²) in [5, 5.41) is 0.695. The number of nitrogens with one attached hydrogen (secondary N) is 1. The first-order chi connectivity index (χ1) is 8.65. The Morgan fingerprint density at radius 2 is 2.00 bits per heavy atom. The highest BCUT2D eigenvalue weighted by molar-refractivity contribution is 9.10. The van der Waals surface area contributed by atoms with Gasteiger partial charge in [0.15, 0.2) is 10.4 Å². The predicted molar refractivity (Wildman–Crippen MR) is 79.0 cm³/mol. The van der Waals surface area contributed by atoms with Crippen LogP contribution in [0.4, 0.5) is 0 Å². The number of pyridine rings is 1. The number of hydrogen-bond acceptors (Lipinski definition) is 2. The lowest BCUT2D eigenvalue weighted by molar-refractivity contribution is 1.04. The molecule has 0 amide bonds. The van der Waals surface area contributed by atoms with Crippen molar-refractivity contribution in [3.05, 3.63) is 50.8 Å². The zero-order valence-electron chi connectivity index (χ0n) is 9.02. The van der Waals surface area contributed by atoms with Gasteiger partial charge in [-0.1, -0.05) is 11.6 Å². The van der Waals surface area contributed by atoms with E-state index in [0.717, 1.165) is 21.3 Å². The van der Waals surface area contributed by atoms with Crippen molar-refractivity contribution in [2.45, 2.75) is 0 Å². The molecule has 1 N–H and O–H groups in total. The second-order valence-corrected chi connectivity index (χ2v) is 5.51. The molecule has 0 bridgehead atoms. The van der Waals surface area contributed by atoms with E-state index in [-0.39, 0.29) is 0 Å². The van der Waals surface area contributed by atoms with Crippen LogP contribution in [-0.2, 0) is 0 Å². The molecular weight excluding hydrogens is 334 g/mol. The average Bonchev–Trinajstić information content (AvgIpc) is 2.65. The van der Waals surface area contributed by atoms with Crippen LogP contribution < -0.4 is 0 Å². The number of benzene rings is 1. The number of halogens is 2. The van der Waals surface area contributed by atoms with E-state index in [1.165, 1.54) is 0 Å². The molecule has 18 heavy (non-hydrogen) atoms. The maximum Gasteiger partial charge on any atom is 0.183 e. The average molecular weight is 341 g/mol. The number of fused-ring (bicyclic) bond motifs is 1. The summed E-state index contributed by atoms with van der Waals surface area (Å²) in [6.45, 7) is 0. The van der Waals surface area contributed by atoms with E-state index in [4.69, 9.17) is 23.8 Å². The van der Waals surface area contributed by atoms with Gasteiger partial charge < -0.3 is 4.98 Å². The Labute approximate surface area is 122 Å². The number of aromatic amines is 1. The molecule has 90 valence electrons. The summed E-state index contributed by atoms with van der Waals surface area (Å²) in [6.07, 6.45) is 1.75. The molecule has 3 aromatic rings. The van der Waals surface area contributed by atoms with Crippen LogP contribution >= 0.6 is 39.7 Å². The highest BCUT2D eigenvalue weighted by Gasteiger charge is 2.07. The van der Waals surface area contributed by atoms with Crippen LogP contribution in [-0.4, -0.2) is 14.5 Å². The molecule has 0 unspecified atom stereocenters. The van der Waals surface area contributed by atoms with E-state index in [9.17, 15) is 0 Å². The largest absolute Gasteiger partial charge is 0.329 e. The Hall–Kier alpha value is -1.17. The van der Waals surface area contributed by atoms with Crippen molar-refractivity contribution in [3.8, 4) is 5.69 Å². The van der Waals surface area contributed by atoms with Crippen LogP contribution in [0.15, 0.2) is 41.0 Å². The van der Waals surface area contributed by atoms with Gasteiger partial charge in [0, 0.05) is 15.7 Å². The summed E-state index contributed by atoms with van der Waals surface area (Å²) in [5.74, 6) is 0. The normalized spacial score (nSPS) is 11.0. The monoisotopic (exact) mass is 339 g/mol. The highest BCUT2D eigenvalue weighted by Crippen LogP contribution is 2.21. The summed E-state index contributed by atoms with van der Waals surface area (Å²) in [4.78, 5) is 7.52. The van der Waals surface area contributed by atoms with Crippen molar-refractivity contribution in [1.29, 1.82) is 0 Å². The molecule has 3 rings (SSSR count). The zero-order valence-corrected chi connectivity index (χ0v) is 12.2. The third kappa shape index (κ3) is 1.98. The second-order valence-electron chi connectivity index (χ2n) is 3.77. The molecule has 3 nitrogen and oxygen atoms in total. The van der Waals surface area contributed by atoms with Gasteiger partial charge in [0.25, 0.3) is 0 Å². The third-order valence-corrected chi connectivity index (χ3v) is 3.54. The van der Waals surface area contributed by atoms with E-state index in [2.05, 4.69) is 25.9 Å².